The molecular formula is C23H19ClN4O2. The number of fused-ring (bicyclic) bond motifs is 3. The Hall–Kier alpha value is -3.56. The van der Waals surface area contributed by atoms with E-state index in [2.05, 4.69) is 51.4 Å². The van der Waals surface area contributed by atoms with E-state index in [0.717, 1.165) is 0 Å². The molecule has 30 heavy (non-hydrogen) atoms. The molecule has 0 unspecified atom stereocenters. The van der Waals surface area contributed by atoms with Gasteiger partial charge in [0, 0.05) is 25.1 Å². The normalized spacial score (nSPS) is 11.8. The van der Waals surface area contributed by atoms with Gasteiger partial charge in [0.05, 0.1) is 5.56 Å². The Morgan fingerprint density at radius 2 is 1.80 bits per heavy atom. The smallest absolute Gasteiger partial charge is 0.407 e. The quantitative estimate of drug-likeness (QED) is 0.380. The average Bonchev–Trinajstić information content (AvgIpc) is 3.07. The number of ether oxygens (including phenoxy) is 1. The third-order valence-corrected chi connectivity index (χ3v) is 5.14. The van der Waals surface area contributed by atoms with Crippen molar-refractivity contribution in [2.75, 3.05) is 18.9 Å². The molecule has 0 spiro atoms. The molecule has 1 aliphatic rings. The number of nitrogens with zero attached hydrogens (tertiary/aromatic N) is 2. The summed E-state index contributed by atoms with van der Waals surface area (Å²) >= 11 is 5.94. The first-order valence-corrected chi connectivity index (χ1v) is 9.87. The molecule has 7 heteroatoms. The van der Waals surface area contributed by atoms with Crippen LogP contribution in [-0.4, -0.2) is 29.2 Å². The van der Waals surface area contributed by atoms with Crippen LogP contribution in [0.1, 0.15) is 29.0 Å². The van der Waals surface area contributed by atoms with E-state index >= 15 is 0 Å². The fourth-order valence-electron chi connectivity index (χ4n) is 3.49. The van der Waals surface area contributed by atoms with Crippen LogP contribution in [0.5, 0.6) is 0 Å². The summed E-state index contributed by atoms with van der Waals surface area (Å²) in [6.45, 7) is 0.640. The van der Waals surface area contributed by atoms with Crippen LogP contribution in [0.25, 0.3) is 11.1 Å². The minimum atomic E-state index is -0.465. The number of benzene rings is 2. The first-order valence-electron chi connectivity index (χ1n) is 9.49. The van der Waals surface area contributed by atoms with Gasteiger partial charge < -0.3 is 15.8 Å². The maximum absolute atomic E-state index is 12.1. The molecular weight excluding hydrogens is 400 g/mol. The summed E-state index contributed by atoms with van der Waals surface area (Å²) in [5, 5.41) is 2.92. The Labute approximate surface area is 179 Å². The number of hydrogen-bond acceptors (Lipinski definition) is 5. The van der Waals surface area contributed by atoms with Crippen molar-refractivity contribution < 1.29 is 9.53 Å². The van der Waals surface area contributed by atoms with E-state index in [-0.39, 0.29) is 23.6 Å². The Morgan fingerprint density at radius 3 is 2.47 bits per heavy atom. The molecule has 2 aromatic carbocycles. The van der Waals surface area contributed by atoms with Gasteiger partial charge in [-0.05, 0) is 22.3 Å². The zero-order valence-corrected chi connectivity index (χ0v) is 16.8. The van der Waals surface area contributed by atoms with Crippen molar-refractivity contribution in [3.63, 3.8) is 0 Å². The lowest BCUT2D eigenvalue weighted by Gasteiger charge is -2.14. The second-order valence-corrected chi connectivity index (χ2v) is 7.09. The van der Waals surface area contributed by atoms with E-state index in [9.17, 15) is 4.79 Å². The maximum Gasteiger partial charge on any atom is 0.407 e. The Morgan fingerprint density at radius 1 is 1.13 bits per heavy atom. The van der Waals surface area contributed by atoms with Crippen molar-refractivity contribution in [3.8, 4) is 23.0 Å². The van der Waals surface area contributed by atoms with Crippen LogP contribution in [0.15, 0.2) is 54.7 Å². The number of amides is 1. The fourth-order valence-corrected chi connectivity index (χ4v) is 3.67. The van der Waals surface area contributed by atoms with Gasteiger partial charge in [0.2, 0.25) is 5.95 Å². The predicted octanol–water partition coefficient (Wildman–Crippen LogP) is 3.99. The molecule has 0 saturated heterocycles. The molecule has 6 nitrogen and oxygen atoms in total. The summed E-state index contributed by atoms with van der Waals surface area (Å²) in [6, 6.07) is 16.4. The number of halogens is 1. The van der Waals surface area contributed by atoms with Gasteiger partial charge in [0.1, 0.15) is 11.8 Å². The van der Waals surface area contributed by atoms with Gasteiger partial charge in [-0.2, -0.15) is 4.98 Å². The number of nitrogens with two attached hydrogens (primary N) is 1. The van der Waals surface area contributed by atoms with Gasteiger partial charge in [-0.3, -0.25) is 0 Å². The molecule has 1 aromatic heterocycles. The molecule has 0 radical (unpaired) electrons. The number of carbonyl (C=O) groups is 1. The zero-order chi connectivity index (χ0) is 20.9. The highest BCUT2D eigenvalue weighted by atomic mass is 35.5. The van der Waals surface area contributed by atoms with E-state index in [4.69, 9.17) is 22.1 Å². The van der Waals surface area contributed by atoms with Crippen LogP contribution in [0.3, 0.4) is 0 Å². The van der Waals surface area contributed by atoms with Crippen molar-refractivity contribution in [1.29, 1.82) is 0 Å². The minimum absolute atomic E-state index is 0.0376. The van der Waals surface area contributed by atoms with Crippen molar-refractivity contribution in [3.05, 3.63) is 76.6 Å². The van der Waals surface area contributed by atoms with E-state index < -0.39 is 6.09 Å². The third-order valence-electron chi connectivity index (χ3n) is 4.85. The summed E-state index contributed by atoms with van der Waals surface area (Å²) in [5.41, 5.74) is 10.7. The lowest BCUT2D eigenvalue weighted by Crippen LogP contribution is -2.26. The highest BCUT2D eigenvalue weighted by molar-refractivity contribution is 6.30. The number of anilines is 1. The molecule has 0 atom stereocenters. The van der Waals surface area contributed by atoms with Crippen LogP contribution in [-0.2, 0) is 4.74 Å². The van der Waals surface area contributed by atoms with Crippen LogP contribution in [0, 0.1) is 11.8 Å². The molecule has 150 valence electrons. The number of nitrogen functional groups attached to an aromatic ring is 1. The summed E-state index contributed by atoms with van der Waals surface area (Å²) in [7, 11) is 0. The van der Waals surface area contributed by atoms with Crippen LogP contribution < -0.4 is 11.1 Å². The molecule has 4 rings (SSSR count). The van der Waals surface area contributed by atoms with E-state index in [1.54, 1.807) is 0 Å². The van der Waals surface area contributed by atoms with E-state index in [1.165, 1.54) is 28.5 Å². The fraction of sp³-hybridized carbons (Fsp3) is 0.174. The highest BCUT2D eigenvalue weighted by Gasteiger charge is 2.28. The lowest BCUT2D eigenvalue weighted by molar-refractivity contribution is 0.143. The molecule has 0 bridgehead atoms. The lowest BCUT2D eigenvalue weighted by atomic mass is 9.98. The first kappa shape index (κ1) is 19.7. The first-order chi connectivity index (χ1) is 14.6. The average molecular weight is 419 g/mol. The monoisotopic (exact) mass is 418 g/mol. The molecule has 0 fully saturated rings. The van der Waals surface area contributed by atoms with Gasteiger partial charge in [-0.25, -0.2) is 9.78 Å². The second-order valence-electron chi connectivity index (χ2n) is 6.74. The predicted molar refractivity (Wildman–Crippen MR) is 116 cm³/mol. The number of alkyl carbamates (subject to hydrolysis) is 1. The summed E-state index contributed by atoms with van der Waals surface area (Å²) < 4.78 is 5.48. The maximum atomic E-state index is 12.1. The largest absolute Gasteiger partial charge is 0.449 e. The van der Waals surface area contributed by atoms with Gasteiger partial charge >= 0.3 is 6.09 Å². The van der Waals surface area contributed by atoms with Crippen LogP contribution in [0.2, 0.25) is 5.15 Å². The van der Waals surface area contributed by atoms with E-state index in [0.29, 0.717) is 18.5 Å². The Balaban J connectivity index is 1.29. The topological polar surface area (TPSA) is 90.1 Å². The number of nitrogens with one attached hydrogen (secondary N) is 1. The highest BCUT2D eigenvalue weighted by Crippen LogP contribution is 2.44. The number of hydrogen-bond donors (Lipinski definition) is 2. The number of carbonyl (C=O) groups excluding carboxylic acids is 1. The molecule has 3 aromatic rings. The molecule has 1 heterocycles. The number of rotatable bonds is 4. The van der Waals surface area contributed by atoms with Gasteiger partial charge in [0.25, 0.3) is 0 Å². The van der Waals surface area contributed by atoms with Gasteiger partial charge in [-0.1, -0.05) is 72.0 Å². The zero-order valence-electron chi connectivity index (χ0n) is 16.1. The van der Waals surface area contributed by atoms with Crippen molar-refractivity contribution in [2.45, 2.75) is 12.3 Å². The molecule has 3 N–H and O–H groups in total. The molecule has 1 amide bonds. The SMILES string of the molecule is Nc1ncc(C#CCCNC(=O)OCC2c3ccccc3-c3ccccc32)c(Cl)n1. The third kappa shape index (κ3) is 4.22. The van der Waals surface area contributed by atoms with Crippen LogP contribution in [0.4, 0.5) is 10.7 Å². The summed E-state index contributed by atoms with van der Waals surface area (Å²) in [5.74, 6) is 5.91. The van der Waals surface area contributed by atoms with Crippen molar-refractivity contribution >= 4 is 23.6 Å². The van der Waals surface area contributed by atoms with Gasteiger partial charge in [0.15, 0.2) is 0 Å². The minimum Gasteiger partial charge on any atom is -0.449 e. The van der Waals surface area contributed by atoms with Gasteiger partial charge in [-0.15, -0.1) is 0 Å². The molecule has 0 saturated carbocycles. The summed E-state index contributed by atoms with van der Waals surface area (Å²) in [4.78, 5) is 19.8. The number of aromatic nitrogens is 2. The van der Waals surface area contributed by atoms with Crippen molar-refractivity contribution in [1.82, 2.24) is 15.3 Å². The Kier molecular flexibility index (Phi) is 5.82. The van der Waals surface area contributed by atoms with Crippen molar-refractivity contribution in [2.24, 2.45) is 0 Å². The van der Waals surface area contributed by atoms with Crippen LogP contribution >= 0.6 is 11.6 Å². The molecule has 0 aliphatic heterocycles. The molecule has 1 aliphatic carbocycles. The standard InChI is InChI=1S/C23H19ClN4O2/c24-21-15(13-27-22(25)28-21)7-5-6-12-26-23(29)30-14-20-18-10-3-1-8-16(18)17-9-2-4-11-19(17)20/h1-4,8-11,13,20H,6,12,14H2,(H,26,29)(H2,25,27,28). The second kappa shape index (κ2) is 8.85. The van der Waals surface area contributed by atoms with E-state index in [1.807, 2.05) is 24.3 Å². The summed E-state index contributed by atoms with van der Waals surface area (Å²) in [6.07, 6.45) is 1.44. The Bertz CT molecular complexity index is 1110.